The Labute approximate surface area is 83.6 Å². The number of hydrazine groups is 1. The monoisotopic (exact) mass is 192 g/mol. The van der Waals surface area contributed by atoms with Crippen LogP contribution >= 0.6 is 0 Å². The van der Waals surface area contributed by atoms with Crippen LogP contribution in [-0.4, -0.2) is 12.5 Å². The van der Waals surface area contributed by atoms with E-state index in [2.05, 4.69) is 15.7 Å². The molecule has 2 saturated carbocycles. The van der Waals surface area contributed by atoms with E-state index in [1.807, 2.05) is 0 Å². The predicted molar refractivity (Wildman–Crippen MR) is 55.2 cm³/mol. The maximum atomic E-state index is 5.31. The zero-order chi connectivity index (χ0) is 9.54. The van der Waals surface area contributed by atoms with Crippen LogP contribution in [0, 0.1) is 11.8 Å². The van der Waals surface area contributed by atoms with E-state index in [0.29, 0.717) is 0 Å². The fourth-order valence-corrected chi connectivity index (χ4v) is 2.24. The minimum absolute atomic E-state index is 0.721. The first-order valence-electron chi connectivity index (χ1n) is 5.39. The first-order chi connectivity index (χ1) is 6.88. The van der Waals surface area contributed by atoms with Gasteiger partial charge in [-0.15, -0.1) is 0 Å². The molecule has 1 heterocycles. The molecular formula is C10H16N4. The van der Waals surface area contributed by atoms with Gasteiger partial charge < -0.3 is 5.32 Å². The maximum absolute atomic E-state index is 5.31. The van der Waals surface area contributed by atoms with Crippen molar-refractivity contribution in [3.8, 4) is 0 Å². The summed E-state index contributed by atoms with van der Waals surface area (Å²) in [5.74, 6) is 7.75. The summed E-state index contributed by atoms with van der Waals surface area (Å²) in [6, 6.07) is 0. The Hall–Kier alpha value is -1.03. The normalized spacial score (nSPS) is 25.8. The summed E-state index contributed by atoms with van der Waals surface area (Å²) < 4.78 is 0. The van der Waals surface area contributed by atoms with E-state index in [-0.39, 0.29) is 0 Å². The first kappa shape index (κ1) is 8.29. The van der Waals surface area contributed by atoms with Crippen molar-refractivity contribution in [3.05, 3.63) is 11.3 Å². The molecule has 0 atom stereocenters. The second kappa shape index (κ2) is 2.98. The molecule has 14 heavy (non-hydrogen) atoms. The average molecular weight is 192 g/mol. The van der Waals surface area contributed by atoms with Crippen molar-refractivity contribution in [1.82, 2.24) is 10.7 Å². The molecule has 4 N–H and O–H groups in total. The molecule has 0 radical (unpaired) electrons. The molecule has 1 aliphatic heterocycles. The molecule has 0 bridgehead atoms. The smallest absolute Gasteiger partial charge is 0.210 e. The fraction of sp³-hybridized carbons (Fsp3) is 0.700. The molecule has 0 aromatic carbocycles. The summed E-state index contributed by atoms with van der Waals surface area (Å²) in [7, 11) is 0. The highest BCUT2D eigenvalue weighted by Crippen LogP contribution is 2.50. The average Bonchev–Trinajstić information content (AvgIpc) is 3.08. The Morgan fingerprint density at radius 2 is 1.93 bits per heavy atom. The zero-order valence-electron chi connectivity index (χ0n) is 8.21. The van der Waals surface area contributed by atoms with E-state index in [1.54, 1.807) is 5.57 Å². The SMILES string of the molecule is NNC1=NCC(=C(C2CC2)C2CC2)N1. The minimum Gasteiger partial charge on any atom is -0.327 e. The van der Waals surface area contributed by atoms with Gasteiger partial charge in [-0.25, -0.2) is 10.8 Å². The largest absolute Gasteiger partial charge is 0.327 e. The van der Waals surface area contributed by atoms with Gasteiger partial charge in [-0.1, -0.05) is 0 Å². The highest BCUT2D eigenvalue weighted by molar-refractivity contribution is 5.83. The van der Waals surface area contributed by atoms with Crippen LogP contribution in [0.1, 0.15) is 25.7 Å². The van der Waals surface area contributed by atoms with Crippen molar-refractivity contribution in [2.75, 3.05) is 6.54 Å². The van der Waals surface area contributed by atoms with Crippen LogP contribution in [0.2, 0.25) is 0 Å². The van der Waals surface area contributed by atoms with Gasteiger partial charge in [-0.05, 0) is 43.1 Å². The Bertz CT molecular complexity index is 296. The molecule has 0 aromatic rings. The zero-order valence-corrected chi connectivity index (χ0v) is 8.21. The Morgan fingerprint density at radius 1 is 1.29 bits per heavy atom. The van der Waals surface area contributed by atoms with Gasteiger partial charge in [-0.2, -0.15) is 0 Å². The third-order valence-electron chi connectivity index (χ3n) is 3.18. The van der Waals surface area contributed by atoms with E-state index in [4.69, 9.17) is 5.84 Å². The van der Waals surface area contributed by atoms with Crippen molar-refractivity contribution in [3.63, 3.8) is 0 Å². The van der Waals surface area contributed by atoms with Gasteiger partial charge in [0, 0.05) is 5.70 Å². The van der Waals surface area contributed by atoms with Crippen molar-refractivity contribution >= 4 is 5.96 Å². The van der Waals surface area contributed by atoms with Crippen LogP contribution in [0.5, 0.6) is 0 Å². The number of rotatable bonds is 2. The number of nitrogens with two attached hydrogens (primary N) is 1. The number of hydrogen-bond acceptors (Lipinski definition) is 4. The van der Waals surface area contributed by atoms with Crippen LogP contribution in [0.4, 0.5) is 0 Å². The summed E-state index contributed by atoms with van der Waals surface area (Å²) in [6.45, 7) is 0.794. The quantitative estimate of drug-likeness (QED) is 0.440. The third kappa shape index (κ3) is 1.39. The summed E-state index contributed by atoms with van der Waals surface area (Å²) in [5.41, 5.74) is 5.55. The summed E-state index contributed by atoms with van der Waals surface area (Å²) in [6.07, 6.45) is 5.51. The molecule has 2 aliphatic carbocycles. The highest BCUT2D eigenvalue weighted by Gasteiger charge is 2.39. The number of nitrogens with one attached hydrogen (secondary N) is 2. The minimum atomic E-state index is 0.721. The molecule has 0 spiro atoms. The van der Waals surface area contributed by atoms with Crippen molar-refractivity contribution < 1.29 is 0 Å². The van der Waals surface area contributed by atoms with Crippen molar-refractivity contribution in [2.45, 2.75) is 25.7 Å². The van der Waals surface area contributed by atoms with E-state index < -0.39 is 0 Å². The van der Waals surface area contributed by atoms with Gasteiger partial charge in [0.25, 0.3) is 0 Å². The second-order valence-electron chi connectivity index (χ2n) is 4.42. The maximum Gasteiger partial charge on any atom is 0.210 e. The summed E-state index contributed by atoms with van der Waals surface area (Å²) in [5, 5.41) is 3.28. The van der Waals surface area contributed by atoms with Gasteiger partial charge >= 0.3 is 0 Å². The van der Waals surface area contributed by atoms with Crippen molar-refractivity contribution in [2.24, 2.45) is 22.7 Å². The summed E-state index contributed by atoms with van der Waals surface area (Å²) in [4.78, 5) is 4.29. The molecule has 76 valence electrons. The van der Waals surface area contributed by atoms with Gasteiger partial charge in [-0.3, -0.25) is 5.43 Å². The molecule has 2 fully saturated rings. The van der Waals surface area contributed by atoms with E-state index in [1.165, 1.54) is 31.4 Å². The molecule has 4 nitrogen and oxygen atoms in total. The first-order valence-corrected chi connectivity index (χ1v) is 5.39. The van der Waals surface area contributed by atoms with Gasteiger partial charge in [0.05, 0.1) is 6.54 Å². The highest BCUT2D eigenvalue weighted by atomic mass is 15.4. The second-order valence-corrected chi connectivity index (χ2v) is 4.42. The number of hydrogen-bond donors (Lipinski definition) is 3. The third-order valence-corrected chi connectivity index (χ3v) is 3.18. The molecule has 0 amide bonds. The lowest BCUT2D eigenvalue weighted by Crippen LogP contribution is -2.38. The van der Waals surface area contributed by atoms with E-state index in [9.17, 15) is 0 Å². The van der Waals surface area contributed by atoms with Crippen LogP contribution in [0.25, 0.3) is 0 Å². The molecule has 0 aromatic heterocycles. The lowest BCUT2D eigenvalue weighted by atomic mass is 10.0. The number of aliphatic imine (C=N–C) groups is 1. The van der Waals surface area contributed by atoms with Gasteiger partial charge in [0.15, 0.2) is 0 Å². The van der Waals surface area contributed by atoms with Gasteiger partial charge in [0.2, 0.25) is 5.96 Å². The molecule has 0 saturated heterocycles. The molecule has 3 aliphatic rings. The topological polar surface area (TPSA) is 62.4 Å². The summed E-state index contributed by atoms with van der Waals surface area (Å²) >= 11 is 0. The van der Waals surface area contributed by atoms with Crippen LogP contribution in [-0.2, 0) is 0 Å². The van der Waals surface area contributed by atoms with Gasteiger partial charge in [0.1, 0.15) is 0 Å². The van der Waals surface area contributed by atoms with Crippen LogP contribution in [0.15, 0.2) is 16.3 Å². The van der Waals surface area contributed by atoms with Crippen molar-refractivity contribution in [1.29, 1.82) is 0 Å². The molecule has 0 unspecified atom stereocenters. The Balaban J connectivity index is 1.80. The molecule has 3 rings (SSSR count). The molecular weight excluding hydrogens is 176 g/mol. The van der Waals surface area contributed by atoms with E-state index in [0.717, 1.165) is 24.3 Å². The number of allylic oxidation sites excluding steroid dienone is 1. The van der Waals surface area contributed by atoms with E-state index >= 15 is 0 Å². The molecule has 4 heteroatoms. The lowest BCUT2D eigenvalue weighted by Gasteiger charge is -2.09. The predicted octanol–water partition coefficient (Wildman–Crippen LogP) is 0.483. The fourth-order valence-electron chi connectivity index (χ4n) is 2.24. The Morgan fingerprint density at radius 3 is 2.36 bits per heavy atom. The standard InChI is InChI=1S/C10H16N4/c11-14-10-12-5-8(13-10)9(6-1-2-6)7-3-4-7/h6-7H,1-5,11H2,(H2,12,13,14). The number of guanidine groups is 1. The van der Waals surface area contributed by atoms with Crippen LogP contribution < -0.4 is 16.6 Å². The number of nitrogens with zero attached hydrogens (tertiary/aromatic N) is 1. The lowest BCUT2D eigenvalue weighted by molar-refractivity contribution is 0.807. The van der Waals surface area contributed by atoms with Crippen LogP contribution in [0.3, 0.4) is 0 Å². The Kier molecular flexibility index (Phi) is 1.77.